The first-order chi connectivity index (χ1) is 6.13. The summed E-state index contributed by atoms with van der Waals surface area (Å²) in [5, 5.41) is 0. The molecule has 13 heavy (non-hydrogen) atoms. The Morgan fingerprint density at radius 3 is 2.77 bits per heavy atom. The zero-order valence-electron chi connectivity index (χ0n) is 9.42. The summed E-state index contributed by atoms with van der Waals surface area (Å²) < 4.78 is 5.59. The molecule has 1 aliphatic rings. The quantitative estimate of drug-likeness (QED) is 0.668. The average Bonchev–Trinajstić information content (AvgIpc) is 2.11. The lowest BCUT2D eigenvalue weighted by Gasteiger charge is -2.38. The maximum atomic E-state index is 5.59. The van der Waals surface area contributed by atoms with E-state index in [0.717, 1.165) is 19.1 Å². The van der Waals surface area contributed by atoms with Crippen LogP contribution in [-0.4, -0.2) is 36.7 Å². The third kappa shape index (κ3) is 3.28. The summed E-state index contributed by atoms with van der Waals surface area (Å²) in [4.78, 5) is 2.56. The summed E-state index contributed by atoms with van der Waals surface area (Å²) in [6, 6.07) is 0.602. The summed E-state index contributed by atoms with van der Waals surface area (Å²) in [7, 11) is 0. The summed E-state index contributed by atoms with van der Waals surface area (Å²) >= 11 is 0. The SMILES string of the molecule is CCC(C)CN1CC(C)OCC1C. The van der Waals surface area contributed by atoms with E-state index in [1.807, 2.05) is 0 Å². The van der Waals surface area contributed by atoms with Crippen molar-refractivity contribution >= 4 is 0 Å². The molecule has 1 aliphatic heterocycles. The molecule has 0 N–H and O–H groups in total. The van der Waals surface area contributed by atoms with E-state index >= 15 is 0 Å². The van der Waals surface area contributed by atoms with E-state index in [0.29, 0.717) is 12.1 Å². The fourth-order valence-electron chi connectivity index (χ4n) is 1.76. The Kier molecular flexibility index (Phi) is 4.20. The molecule has 1 heterocycles. The number of morpholine rings is 1. The van der Waals surface area contributed by atoms with Gasteiger partial charge in [0.05, 0.1) is 12.7 Å². The van der Waals surface area contributed by atoms with Gasteiger partial charge >= 0.3 is 0 Å². The van der Waals surface area contributed by atoms with Gasteiger partial charge in [0.2, 0.25) is 0 Å². The fraction of sp³-hybridized carbons (Fsp3) is 1.00. The smallest absolute Gasteiger partial charge is 0.0674 e. The van der Waals surface area contributed by atoms with E-state index in [-0.39, 0.29) is 0 Å². The second kappa shape index (κ2) is 4.97. The summed E-state index contributed by atoms with van der Waals surface area (Å²) in [5.41, 5.74) is 0. The Morgan fingerprint density at radius 1 is 1.46 bits per heavy atom. The van der Waals surface area contributed by atoms with Crippen molar-refractivity contribution in [2.24, 2.45) is 5.92 Å². The Bertz CT molecular complexity index is 149. The minimum Gasteiger partial charge on any atom is -0.376 e. The number of hydrogen-bond acceptors (Lipinski definition) is 2. The van der Waals surface area contributed by atoms with Gasteiger partial charge in [-0.1, -0.05) is 20.3 Å². The minimum atomic E-state index is 0.417. The predicted molar refractivity (Wildman–Crippen MR) is 55.9 cm³/mol. The molecule has 1 saturated heterocycles. The summed E-state index contributed by atoms with van der Waals surface area (Å²) in [6.45, 7) is 12.2. The average molecular weight is 185 g/mol. The van der Waals surface area contributed by atoms with Crippen molar-refractivity contribution in [1.82, 2.24) is 4.90 Å². The minimum absolute atomic E-state index is 0.417. The zero-order valence-corrected chi connectivity index (χ0v) is 9.42. The van der Waals surface area contributed by atoms with Gasteiger partial charge in [-0.05, 0) is 19.8 Å². The molecule has 0 bridgehead atoms. The second-order valence-electron chi connectivity index (χ2n) is 4.46. The number of hydrogen-bond donors (Lipinski definition) is 0. The molecular weight excluding hydrogens is 162 g/mol. The van der Waals surface area contributed by atoms with Crippen molar-refractivity contribution in [3.05, 3.63) is 0 Å². The van der Waals surface area contributed by atoms with Crippen LogP contribution in [0.4, 0.5) is 0 Å². The molecule has 2 heteroatoms. The van der Waals surface area contributed by atoms with E-state index in [1.54, 1.807) is 0 Å². The molecule has 1 rings (SSSR count). The molecule has 0 amide bonds. The van der Waals surface area contributed by atoms with Crippen molar-refractivity contribution in [2.45, 2.75) is 46.3 Å². The van der Waals surface area contributed by atoms with Crippen molar-refractivity contribution in [1.29, 1.82) is 0 Å². The topological polar surface area (TPSA) is 12.5 Å². The largest absolute Gasteiger partial charge is 0.376 e. The monoisotopic (exact) mass is 185 g/mol. The molecule has 0 spiro atoms. The number of ether oxygens (including phenoxy) is 1. The van der Waals surface area contributed by atoms with Crippen molar-refractivity contribution in [2.75, 3.05) is 19.7 Å². The molecule has 1 fully saturated rings. The van der Waals surface area contributed by atoms with Crippen LogP contribution < -0.4 is 0 Å². The lowest BCUT2D eigenvalue weighted by atomic mass is 10.1. The highest BCUT2D eigenvalue weighted by Gasteiger charge is 2.23. The van der Waals surface area contributed by atoms with E-state index < -0.39 is 0 Å². The molecule has 0 radical (unpaired) electrons. The van der Waals surface area contributed by atoms with Crippen LogP contribution in [0.2, 0.25) is 0 Å². The Morgan fingerprint density at radius 2 is 2.15 bits per heavy atom. The first-order valence-corrected chi connectivity index (χ1v) is 5.49. The lowest BCUT2D eigenvalue weighted by molar-refractivity contribution is -0.0535. The fourth-order valence-corrected chi connectivity index (χ4v) is 1.76. The van der Waals surface area contributed by atoms with Crippen molar-refractivity contribution < 1.29 is 4.74 Å². The van der Waals surface area contributed by atoms with Crippen LogP contribution in [0.5, 0.6) is 0 Å². The van der Waals surface area contributed by atoms with Gasteiger partial charge in [0.1, 0.15) is 0 Å². The molecular formula is C11H23NO. The molecule has 0 aromatic heterocycles. The van der Waals surface area contributed by atoms with E-state index in [9.17, 15) is 0 Å². The van der Waals surface area contributed by atoms with Gasteiger partial charge in [-0.2, -0.15) is 0 Å². The molecule has 0 saturated carbocycles. The van der Waals surface area contributed by atoms with Gasteiger partial charge < -0.3 is 4.74 Å². The Hall–Kier alpha value is -0.0800. The van der Waals surface area contributed by atoms with Gasteiger partial charge in [0.15, 0.2) is 0 Å². The molecule has 0 aromatic carbocycles. The highest BCUT2D eigenvalue weighted by atomic mass is 16.5. The van der Waals surface area contributed by atoms with Crippen LogP contribution in [-0.2, 0) is 4.74 Å². The normalized spacial score (nSPS) is 33.2. The van der Waals surface area contributed by atoms with Crippen molar-refractivity contribution in [3.8, 4) is 0 Å². The first kappa shape index (κ1) is 11.0. The third-order valence-corrected chi connectivity index (χ3v) is 2.98. The molecule has 3 unspecified atom stereocenters. The highest BCUT2D eigenvalue weighted by molar-refractivity contribution is 4.76. The Labute approximate surface area is 82.3 Å². The maximum absolute atomic E-state index is 5.59. The predicted octanol–water partition coefficient (Wildman–Crippen LogP) is 2.14. The molecule has 3 atom stereocenters. The van der Waals surface area contributed by atoms with Crippen LogP contribution in [0.25, 0.3) is 0 Å². The van der Waals surface area contributed by atoms with Crippen LogP contribution >= 0.6 is 0 Å². The van der Waals surface area contributed by atoms with Crippen molar-refractivity contribution in [3.63, 3.8) is 0 Å². The molecule has 0 aromatic rings. The van der Waals surface area contributed by atoms with Crippen LogP contribution in [0.1, 0.15) is 34.1 Å². The van der Waals surface area contributed by atoms with Gasteiger partial charge in [0, 0.05) is 19.1 Å². The number of rotatable bonds is 3. The molecule has 2 nitrogen and oxygen atoms in total. The third-order valence-electron chi connectivity index (χ3n) is 2.98. The van der Waals surface area contributed by atoms with Crippen LogP contribution in [0.15, 0.2) is 0 Å². The van der Waals surface area contributed by atoms with E-state index in [2.05, 4.69) is 32.6 Å². The second-order valence-corrected chi connectivity index (χ2v) is 4.46. The standard InChI is InChI=1S/C11H23NO/c1-5-9(2)6-12-7-11(4)13-8-10(12)3/h9-11H,5-8H2,1-4H3. The summed E-state index contributed by atoms with van der Waals surface area (Å²) in [6.07, 6.45) is 1.69. The Balaban J connectivity index is 2.37. The van der Waals surface area contributed by atoms with Gasteiger partial charge in [-0.3, -0.25) is 4.90 Å². The van der Waals surface area contributed by atoms with Crippen LogP contribution in [0, 0.1) is 5.92 Å². The summed E-state index contributed by atoms with van der Waals surface area (Å²) in [5.74, 6) is 0.813. The van der Waals surface area contributed by atoms with Gasteiger partial charge in [0.25, 0.3) is 0 Å². The lowest BCUT2D eigenvalue weighted by Crippen LogP contribution is -2.48. The van der Waals surface area contributed by atoms with Gasteiger partial charge in [-0.25, -0.2) is 0 Å². The van der Waals surface area contributed by atoms with Crippen LogP contribution in [0.3, 0.4) is 0 Å². The molecule has 78 valence electrons. The van der Waals surface area contributed by atoms with E-state index in [1.165, 1.54) is 13.0 Å². The van der Waals surface area contributed by atoms with E-state index in [4.69, 9.17) is 4.74 Å². The highest BCUT2D eigenvalue weighted by Crippen LogP contribution is 2.14. The number of nitrogens with zero attached hydrogens (tertiary/aromatic N) is 1. The van der Waals surface area contributed by atoms with Gasteiger partial charge in [-0.15, -0.1) is 0 Å². The maximum Gasteiger partial charge on any atom is 0.0674 e. The zero-order chi connectivity index (χ0) is 9.84. The first-order valence-electron chi connectivity index (χ1n) is 5.49. The molecule has 0 aliphatic carbocycles.